The lowest BCUT2D eigenvalue weighted by Gasteiger charge is -2.07. The minimum Gasteiger partial charge on any atom is -0.381 e. The molecule has 1 aliphatic rings. The predicted octanol–water partition coefficient (Wildman–Crippen LogP) is 2.05. The standard InChI is InChI=1S/C16H11N3O2/c17-8-10-2-1-3-11(6-10)9-18-12-4-5-13-14(7-12)16(21)19-15(13)20/h1-7,18H,9H2,(H,19,20,21). The molecule has 3 rings (SSSR count). The molecule has 2 N–H and O–H groups in total. The Morgan fingerprint density at radius 2 is 1.86 bits per heavy atom. The van der Waals surface area contributed by atoms with Crippen LogP contribution in [-0.4, -0.2) is 11.8 Å². The van der Waals surface area contributed by atoms with Crippen molar-refractivity contribution in [2.45, 2.75) is 6.54 Å². The highest BCUT2D eigenvalue weighted by Crippen LogP contribution is 2.20. The summed E-state index contributed by atoms with van der Waals surface area (Å²) in [4.78, 5) is 23.0. The van der Waals surface area contributed by atoms with Crippen molar-refractivity contribution in [3.05, 3.63) is 64.7 Å². The maximum Gasteiger partial charge on any atom is 0.259 e. The summed E-state index contributed by atoms with van der Waals surface area (Å²) in [5.74, 6) is -0.728. The van der Waals surface area contributed by atoms with Gasteiger partial charge in [-0.3, -0.25) is 14.9 Å². The molecular weight excluding hydrogens is 266 g/mol. The van der Waals surface area contributed by atoms with Crippen LogP contribution in [0, 0.1) is 11.3 Å². The molecule has 0 spiro atoms. The Morgan fingerprint density at radius 3 is 2.67 bits per heavy atom. The van der Waals surface area contributed by atoms with E-state index in [0.717, 1.165) is 11.3 Å². The quantitative estimate of drug-likeness (QED) is 0.841. The highest BCUT2D eigenvalue weighted by molar-refractivity contribution is 6.21. The molecule has 21 heavy (non-hydrogen) atoms. The Kier molecular flexibility index (Phi) is 3.13. The van der Waals surface area contributed by atoms with Crippen LogP contribution in [0.1, 0.15) is 31.8 Å². The van der Waals surface area contributed by atoms with Crippen LogP contribution in [0.5, 0.6) is 0 Å². The number of amides is 2. The minimum absolute atomic E-state index is 0.358. The van der Waals surface area contributed by atoms with Gasteiger partial charge in [-0.2, -0.15) is 5.26 Å². The van der Waals surface area contributed by atoms with Gasteiger partial charge in [0.2, 0.25) is 0 Å². The van der Waals surface area contributed by atoms with E-state index in [-0.39, 0.29) is 11.8 Å². The number of hydrogen-bond donors (Lipinski definition) is 2. The molecule has 5 nitrogen and oxygen atoms in total. The van der Waals surface area contributed by atoms with Gasteiger partial charge in [-0.15, -0.1) is 0 Å². The van der Waals surface area contributed by atoms with Gasteiger partial charge >= 0.3 is 0 Å². The predicted molar refractivity (Wildman–Crippen MR) is 76.7 cm³/mol. The van der Waals surface area contributed by atoms with Crippen molar-refractivity contribution in [1.82, 2.24) is 5.32 Å². The van der Waals surface area contributed by atoms with Crippen molar-refractivity contribution in [1.29, 1.82) is 5.26 Å². The molecule has 0 saturated heterocycles. The van der Waals surface area contributed by atoms with Gasteiger partial charge in [0.15, 0.2) is 0 Å². The summed E-state index contributed by atoms with van der Waals surface area (Å²) < 4.78 is 0. The van der Waals surface area contributed by atoms with Gasteiger partial charge < -0.3 is 5.32 Å². The topological polar surface area (TPSA) is 82.0 Å². The zero-order valence-corrected chi connectivity index (χ0v) is 11.0. The van der Waals surface area contributed by atoms with E-state index in [4.69, 9.17) is 5.26 Å². The Labute approximate surface area is 121 Å². The maximum absolute atomic E-state index is 11.6. The lowest BCUT2D eigenvalue weighted by molar-refractivity contribution is 0.0879. The summed E-state index contributed by atoms with van der Waals surface area (Å²) >= 11 is 0. The molecule has 0 saturated carbocycles. The van der Waals surface area contributed by atoms with Gasteiger partial charge in [0.1, 0.15) is 0 Å². The van der Waals surface area contributed by atoms with E-state index in [0.29, 0.717) is 23.2 Å². The fourth-order valence-corrected chi connectivity index (χ4v) is 2.23. The largest absolute Gasteiger partial charge is 0.381 e. The van der Waals surface area contributed by atoms with Crippen LogP contribution in [0.25, 0.3) is 0 Å². The number of anilines is 1. The molecule has 0 radical (unpaired) electrons. The second kappa shape index (κ2) is 5.10. The zero-order valence-electron chi connectivity index (χ0n) is 11.0. The molecule has 0 bridgehead atoms. The van der Waals surface area contributed by atoms with Crippen molar-refractivity contribution in [2.75, 3.05) is 5.32 Å². The first-order valence-electron chi connectivity index (χ1n) is 6.40. The van der Waals surface area contributed by atoms with Crippen LogP contribution in [0.15, 0.2) is 42.5 Å². The third kappa shape index (κ3) is 2.47. The van der Waals surface area contributed by atoms with Gasteiger partial charge in [-0.25, -0.2) is 0 Å². The number of nitrogens with one attached hydrogen (secondary N) is 2. The Bertz CT molecular complexity index is 790. The monoisotopic (exact) mass is 277 g/mol. The van der Waals surface area contributed by atoms with Crippen LogP contribution in [-0.2, 0) is 6.54 Å². The SMILES string of the molecule is N#Cc1cccc(CNc2ccc3c(c2)C(=O)NC3=O)c1. The van der Waals surface area contributed by atoms with Crippen LogP contribution in [0.4, 0.5) is 5.69 Å². The fourth-order valence-electron chi connectivity index (χ4n) is 2.23. The van der Waals surface area contributed by atoms with Gasteiger partial charge in [0.25, 0.3) is 11.8 Å². The van der Waals surface area contributed by atoms with E-state index in [1.807, 2.05) is 12.1 Å². The van der Waals surface area contributed by atoms with Crippen molar-refractivity contribution < 1.29 is 9.59 Å². The Morgan fingerprint density at radius 1 is 1.05 bits per heavy atom. The van der Waals surface area contributed by atoms with Gasteiger partial charge in [0.05, 0.1) is 22.8 Å². The van der Waals surface area contributed by atoms with Crippen molar-refractivity contribution in [3.63, 3.8) is 0 Å². The molecule has 0 fully saturated rings. The number of carbonyl (C=O) groups is 2. The summed E-state index contributed by atoms with van der Waals surface area (Å²) in [5, 5.41) is 14.3. The number of hydrogen-bond acceptors (Lipinski definition) is 4. The van der Waals surface area contributed by atoms with E-state index in [2.05, 4.69) is 16.7 Å². The first-order chi connectivity index (χ1) is 10.2. The zero-order chi connectivity index (χ0) is 14.8. The van der Waals surface area contributed by atoms with E-state index in [9.17, 15) is 9.59 Å². The van der Waals surface area contributed by atoms with Crippen LogP contribution in [0.2, 0.25) is 0 Å². The van der Waals surface area contributed by atoms with Crippen molar-refractivity contribution in [2.24, 2.45) is 0 Å². The van der Waals surface area contributed by atoms with Crippen LogP contribution >= 0.6 is 0 Å². The summed E-state index contributed by atoms with van der Waals surface area (Å²) in [6.45, 7) is 0.532. The third-order valence-corrected chi connectivity index (χ3v) is 3.29. The summed E-state index contributed by atoms with van der Waals surface area (Å²) in [6.07, 6.45) is 0. The highest BCUT2D eigenvalue weighted by atomic mass is 16.2. The third-order valence-electron chi connectivity index (χ3n) is 3.29. The molecule has 5 heteroatoms. The number of fused-ring (bicyclic) bond motifs is 1. The Hall–Kier alpha value is -3.13. The fraction of sp³-hybridized carbons (Fsp3) is 0.0625. The van der Waals surface area contributed by atoms with Gasteiger partial charge in [0, 0.05) is 12.2 Å². The van der Waals surface area contributed by atoms with Crippen molar-refractivity contribution >= 4 is 17.5 Å². The lowest BCUT2D eigenvalue weighted by atomic mass is 10.1. The number of benzene rings is 2. The molecular formula is C16H11N3O2. The first kappa shape index (κ1) is 12.9. The number of nitrogens with zero attached hydrogens (tertiary/aromatic N) is 1. The summed E-state index contributed by atoms with van der Waals surface area (Å²) in [5.41, 5.74) is 3.11. The van der Waals surface area contributed by atoms with Gasteiger partial charge in [-0.1, -0.05) is 12.1 Å². The second-order valence-corrected chi connectivity index (χ2v) is 4.71. The number of nitriles is 1. The van der Waals surface area contributed by atoms with Crippen molar-refractivity contribution in [3.8, 4) is 6.07 Å². The maximum atomic E-state index is 11.6. The van der Waals surface area contributed by atoms with E-state index in [1.165, 1.54) is 0 Å². The molecule has 1 heterocycles. The molecule has 0 aromatic heterocycles. The minimum atomic E-state index is -0.370. The van der Waals surface area contributed by atoms with E-state index in [1.54, 1.807) is 30.3 Å². The molecule has 0 aliphatic carbocycles. The lowest BCUT2D eigenvalue weighted by Crippen LogP contribution is -2.19. The molecule has 0 unspecified atom stereocenters. The number of rotatable bonds is 3. The molecule has 2 amide bonds. The number of carbonyl (C=O) groups excluding carboxylic acids is 2. The van der Waals surface area contributed by atoms with E-state index < -0.39 is 0 Å². The average molecular weight is 277 g/mol. The molecule has 102 valence electrons. The molecule has 2 aromatic carbocycles. The molecule has 2 aromatic rings. The molecule has 1 aliphatic heterocycles. The van der Waals surface area contributed by atoms with Gasteiger partial charge in [-0.05, 0) is 35.9 Å². The van der Waals surface area contributed by atoms with Crippen LogP contribution < -0.4 is 10.6 Å². The summed E-state index contributed by atoms with van der Waals surface area (Å²) in [6, 6.07) is 14.4. The number of imide groups is 1. The first-order valence-corrected chi connectivity index (χ1v) is 6.40. The smallest absolute Gasteiger partial charge is 0.259 e. The average Bonchev–Trinajstić information content (AvgIpc) is 2.80. The normalized spacial score (nSPS) is 12.5. The van der Waals surface area contributed by atoms with E-state index >= 15 is 0 Å². The summed E-state index contributed by atoms with van der Waals surface area (Å²) in [7, 11) is 0. The highest BCUT2D eigenvalue weighted by Gasteiger charge is 2.26. The second-order valence-electron chi connectivity index (χ2n) is 4.71. The van der Waals surface area contributed by atoms with Crippen LogP contribution in [0.3, 0.4) is 0 Å². The Balaban J connectivity index is 1.77. The molecule has 0 atom stereocenters.